The van der Waals surface area contributed by atoms with E-state index < -0.39 is 0 Å². The third-order valence-electron chi connectivity index (χ3n) is 3.56. The fourth-order valence-electron chi connectivity index (χ4n) is 2.42. The summed E-state index contributed by atoms with van der Waals surface area (Å²) in [6.07, 6.45) is 0. The Bertz CT molecular complexity index is 763. The van der Waals surface area contributed by atoms with Crippen LogP contribution in [0.1, 0.15) is 23.0 Å². The van der Waals surface area contributed by atoms with Crippen molar-refractivity contribution in [1.29, 1.82) is 0 Å². The zero-order chi connectivity index (χ0) is 15.0. The number of ether oxygens (including phenoxy) is 1. The van der Waals surface area contributed by atoms with E-state index in [0.717, 1.165) is 0 Å². The largest absolute Gasteiger partial charge is 0.378 e. The number of ketones is 1. The Balaban J connectivity index is 2.13. The second-order valence-electron chi connectivity index (χ2n) is 5.04. The number of aryl methyl sites for hydroxylation is 1. The van der Waals surface area contributed by atoms with E-state index in [1.165, 1.54) is 6.92 Å². The molecule has 3 rings (SSSR count). The Kier molecular flexibility index (Phi) is 3.42. The molecule has 0 unspecified atom stereocenters. The molecule has 1 N–H and O–H groups in total. The van der Waals surface area contributed by atoms with Crippen LogP contribution in [-0.2, 0) is 4.74 Å². The number of fused-ring (bicyclic) bond motifs is 1. The summed E-state index contributed by atoms with van der Waals surface area (Å²) in [5.74, 6) is 0.386. The smallest absolute Gasteiger partial charge is 0.261 e. The highest BCUT2D eigenvalue weighted by Crippen LogP contribution is 2.15. The van der Waals surface area contributed by atoms with Crippen LogP contribution in [0.5, 0.6) is 0 Å². The molecule has 0 radical (unpaired) electrons. The van der Waals surface area contributed by atoms with Crippen molar-refractivity contribution in [3.05, 3.63) is 27.7 Å². The van der Waals surface area contributed by atoms with E-state index in [4.69, 9.17) is 4.74 Å². The van der Waals surface area contributed by atoms with Crippen LogP contribution in [0.4, 0.5) is 5.95 Å². The second-order valence-corrected chi connectivity index (χ2v) is 5.04. The summed E-state index contributed by atoms with van der Waals surface area (Å²) in [4.78, 5) is 37.2. The predicted molar refractivity (Wildman–Crippen MR) is 77.9 cm³/mol. The first-order valence-electron chi connectivity index (χ1n) is 6.81. The number of nitrogens with zero attached hydrogens (tertiary/aromatic N) is 3. The van der Waals surface area contributed by atoms with Gasteiger partial charge in [0.15, 0.2) is 11.4 Å². The van der Waals surface area contributed by atoms with E-state index in [0.29, 0.717) is 54.5 Å². The van der Waals surface area contributed by atoms with Crippen molar-refractivity contribution in [3.63, 3.8) is 0 Å². The molecule has 21 heavy (non-hydrogen) atoms. The van der Waals surface area contributed by atoms with Crippen LogP contribution < -0.4 is 10.5 Å². The highest BCUT2D eigenvalue weighted by atomic mass is 16.5. The molecule has 2 aromatic rings. The quantitative estimate of drug-likeness (QED) is 0.817. The number of H-pyrrole nitrogens is 1. The lowest BCUT2D eigenvalue weighted by Gasteiger charge is -2.27. The standard InChI is InChI=1S/C14H16N4O3/c1-8-10(9(2)19)7-11-12(15-8)16-14(17-13(11)20)18-3-5-21-6-4-18/h7H,3-6H2,1-2H3,(H,15,16,17,20). The van der Waals surface area contributed by atoms with Gasteiger partial charge in [-0.05, 0) is 19.9 Å². The molecular weight excluding hydrogens is 272 g/mol. The summed E-state index contributed by atoms with van der Waals surface area (Å²) in [6, 6.07) is 1.56. The van der Waals surface area contributed by atoms with Gasteiger partial charge in [0.2, 0.25) is 5.95 Å². The first-order chi connectivity index (χ1) is 10.1. The number of hydrogen-bond donors (Lipinski definition) is 1. The van der Waals surface area contributed by atoms with Crippen molar-refractivity contribution in [2.75, 3.05) is 31.2 Å². The lowest BCUT2D eigenvalue weighted by atomic mass is 10.1. The van der Waals surface area contributed by atoms with Crippen molar-refractivity contribution >= 4 is 22.8 Å². The van der Waals surface area contributed by atoms with Crippen molar-refractivity contribution < 1.29 is 9.53 Å². The number of rotatable bonds is 2. The number of aromatic amines is 1. The molecule has 2 aromatic heterocycles. The molecule has 0 spiro atoms. The molecule has 1 fully saturated rings. The molecule has 110 valence electrons. The number of Topliss-reactive ketones (excluding diaryl/α,β-unsaturated/α-hetero) is 1. The maximum absolute atomic E-state index is 12.2. The van der Waals surface area contributed by atoms with Crippen molar-refractivity contribution in [3.8, 4) is 0 Å². The van der Waals surface area contributed by atoms with E-state index in [1.807, 2.05) is 4.90 Å². The number of nitrogens with one attached hydrogen (secondary N) is 1. The number of hydrogen-bond acceptors (Lipinski definition) is 6. The van der Waals surface area contributed by atoms with Crippen LogP contribution in [0, 0.1) is 6.92 Å². The van der Waals surface area contributed by atoms with E-state index >= 15 is 0 Å². The molecule has 1 aliphatic rings. The zero-order valence-electron chi connectivity index (χ0n) is 12.0. The monoisotopic (exact) mass is 288 g/mol. The van der Waals surface area contributed by atoms with E-state index in [2.05, 4.69) is 15.0 Å². The summed E-state index contributed by atoms with van der Waals surface area (Å²) in [5.41, 5.74) is 1.12. The van der Waals surface area contributed by atoms with Crippen LogP contribution in [-0.4, -0.2) is 47.0 Å². The number of carbonyl (C=O) groups excluding carboxylic acids is 1. The average molecular weight is 288 g/mol. The normalized spacial score (nSPS) is 15.4. The van der Waals surface area contributed by atoms with Gasteiger partial charge in [0.25, 0.3) is 5.56 Å². The Hall–Kier alpha value is -2.28. The third-order valence-corrected chi connectivity index (χ3v) is 3.56. The summed E-state index contributed by atoms with van der Waals surface area (Å²) < 4.78 is 5.29. The molecule has 0 saturated carbocycles. The molecule has 1 saturated heterocycles. The highest BCUT2D eigenvalue weighted by molar-refractivity contribution is 5.98. The number of aromatic nitrogens is 3. The maximum atomic E-state index is 12.2. The van der Waals surface area contributed by atoms with Crippen molar-refractivity contribution in [2.24, 2.45) is 0 Å². The van der Waals surface area contributed by atoms with Gasteiger partial charge in [-0.3, -0.25) is 14.6 Å². The van der Waals surface area contributed by atoms with Gasteiger partial charge in [-0.15, -0.1) is 0 Å². The summed E-state index contributed by atoms with van der Waals surface area (Å²) in [5, 5.41) is 0.336. The Labute approximate surface area is 121 Å². The lowest BCUT2D eigenvalue weighted by molar-refractivity contribution is 0.101. The van der Waals surface area contributed by atoms with Gasteiger partial charge in [0.1, 0.15) is 0 Å². The second kappa shape index (κ2) is 5.25. The minimum atomic E-state index is -0.281. The third kappa shape index (κ3) is 2.52. The first-order valence-corrected chi connectivity index (χ1v) is 6.81. The van der Waals surface area contributed by atoms with Crippen molar-refractivity contribution in [1.82, 2.24) is 15.0 Å². The van der Waals surface area contributed by atoms with E-state index in [-0.39, 0.29) is 11.3 Å². The molecule has 0 aliphatic carbocycles. The van der Waals surface area contributed by atoms with E-state index in [1.54, 1.807) is 13.0 Å². The first kappa shape index (κ1) is 13.7. The van der Waals surface area contributed by atoms with Crippen LogP contribution >= 0.6 is 0 Å². The topological polar surface area (TPSA) is 88.2 Å². The predicted octanol–water partition coefficient (Wildman–Crippen LogP) is 0.666. The number of pyridine rings is 1. The Morgan fingerprint density at radius 2 is 2.05 bits per heavy atom. The SMILES string of the molecule is CC(=O)c1cc2c(=O)[nH]c(N3CCOCC3)nc2nc1C. The van der Waals surface area contributed by atoms with Gasteiger partial charge < -0.3 is 9.64 Å². The van der Waals surface area contributed by atoms with Crippen LogP contribution in [0.25, 0.3) is 11.0 Å². The molecule has 7 heteroatoms. The van der Waals surface area contributed by atoms with Crippen LogP contribution in [0.3, 0.4) is 0 Å². The fourth-order valence-corrected chi connectivity index (χ4v) is 2.42. The van der Waals surface area contributed by atoms with Crippen LogP contribution in [0.15, 0.2) is 10.9 Å². The summed E-state index contributed by atoms with van der Waals surface area (Å²) in [6.45, 7) is 5.78. The number of morpholine rings is 1. The lowest BCUT2D eigenvalue weighted by Crippen LogP contribution is -2.38. The molecule has 7 nitrogen and oxygen atoms in total. The molecule has 3 heterocycles. The summed E-state index contributed by atoms with van der Waals surface area (Å²) >= 11 is 0. The van der Waals surface area contributed by atoms with Gasteiger partial charge in [0.05, 0.1) is 24.3 Å². The van der Waals surface area contributed by atoms with Gasteiger partial charge >= 0.3 is 0 Å². The fraction of sp³-hybridized carbons (Fsp3) is 0.429. The van der Waals surface area contributed by atoms with Gasteiger partial charge in [-0.2, -0.15) is 4.98 Å². The molecule has 0 aromatic carbocycles. The minimum absolute atomic E-state index is 0.112. The highest BCUT2D eigenvalue weighted by Gasteiger charge is 2.16. The molecular formula is C14H16N4O3. The summed E-state index contributed by atoms with van der Waals surface area (Å²) in [7, 11) is 0. The molecule has 0 amide bonds. The molecule has 0 bridgehead atoms. The Morgan fingerprint density at radius 3 is 2.71 bits per heavy atom. The number of carbonyl (C=O) groups is 1. The zero-order valence-corrected chi connectivity index (χ0v) is 12.0. The van der Waals surface area contributed by atoms with E-state index in [9.17, 15) is 9.59 Å². The molecule has 1 aliphatic heterocycles. The Morgan fingerprint density at radius 1 is 1.33 bits per heavy atom. The van der Waals surface area contributed by atoms with Gasteiger partial charge in [-0.25, -0.2) is 4.98 Å². The minimum Gasteiger partial charge on any atom is -0.378 e. The van der Waals surface area contributed by atoms with Gasteiger partial charge in [0, 0.05) is 18.7 Å². The average Bonchev–Trinajstić information content (AvgIpc) is 2.47. The van der Waals surface area contributed by atoms with Crippen LogP contribution in [0.2, 0.25) is 0 Å². The maximum Gasteiger partial charge on any atom is 0.261 e. The number of anilines is 1. The van der Waals surface area contributed by atoms with Gasteiger partial charge in [-0.1, -0.05) is 0 Å². The van der Waals surface area contributed by atoms with Crippen molar-refractivity contribution in [2.45, 2.75) is 13.8 Å². The molecule has 0 atom stereocenters.